The SMILES string of the molecule is CN1CCN=C1NCc1cc(F)cc(F)c1.I. The first kappa shape index (κ1) is 14.1. The topological polar surface area (TPSA) is 27.6 Å². The number of guanidine groups is 1. The highest BCUT2D eigenvalue weighted by molar-refractivity contribution is 14.0. The maximum atomic E-state index is 12.9. The highest BCUT2D eigenvalue weighted by Crippen LogP contribution is 2.08. The van der Waals surface area contributed by atoms with Crippen molar-refractivity contribution >= 4 is 29.9 Å². The van der Waals surface area contributed by atoms with Crippen LogP contribution in [0.1, 0.15) is 5.56 Å². The third-order valence-corrected chi connectivity index (χ3v) is 2.43. The summed E-state index contributed by atoms with van der Waals surface area (Å²) in [5.74, 6) is -0.346. The molecule has 1 aromatic carbocycles. The van der Waals surface area contributed by atoms with Gasteiger partial charge in [0.1, 0.15) is 11.6 Å². The quantitative estimate of drug-likeness (QED) is 0.824. The van der Waals surface area contributed by atoms with Crippen molar-refractivity contribution in [1.82, 2.24) is 10.2 Å². The van der Waals surface area contributed by atoms with Crippen LogP contribution in [0.4, 0.5) is 8.78 Å². The Kier molecular flexibility index (Phi) is 5.10. The highest BCUT2D eigenvalue weighted by atomic mass is 127. The number of hydrogen-bond donors (Lipinski definition) is 1. The third-order valence-electron chi connectivity index (χ3n) is 2.43. The number of hydrogen-bond acceptors (Lipinski definition) is 3. The summed E-state index contributed by atoms with van der Waals surface area (Å²) in [5, 5.41) is 3.04. The van der Waals surface area contributed by atoms with Crippen molar-refractivity contribution in [3.05, 3.63) is 35.4 Å². The minimum absolute atomic E-state index is 0. The van der Waals surface area contributed by atoms with E-state index in [2.05, 4.69) is 10.3 Å². The molecule has 94 valence electrons. The van der Waals surface area contributed by atoms with Crippen molar-refractivity contribution in [2.45, 2.75) is 6.54 Å². The number of aliphatic imine (C=N–C) groups is 1. The highest BCUT2D eigenvalue weighted by Gasteiger charge is 2.11. The van der Waals surface area contributed by atoms with Crippen LogP contribution >= 0.6 is 24.0 Å². The molecule has 0 spiro atoms. The predicted molar refractivity (Wildman–Crippen MR) is 73.5 cm³/mol. The van der Waals surface area contributed by atoms with E-state index in [0.717, 1.165) is 25.1 Å². The second-order valence-corrected chi connectivity index (χ2v) is 3.76. The summed E-state index contributed by atoms with van der Waals surface area (Å²) >= 11 is 0. The van der Waals surface area contributed by atoms with Crippen LogP contribution in [0, 0.1) is 11.6 Å². The molecule has 0 fully saturated rings. The van der Waals surface area contributed by atoms with Crippen LogP contribution < -0.4 is 5.32 Å². The van der Waals surface area contributed by atoms with Crippen LogP contribution in [0.2, 0.25) is 0 Å². The fourth-order valence-electron chi connectivity index (χ4n) is 1.62. The Bertz CT molecular complexity index is 403. The van der Waals surface area contributed by atoms with Crippen molar-refractivity contribution in [1.29, 1.82) is 0 Å². The minimum Gasteiger partial charge on any atom is -0.352 e. The maximum absolute atomic E-state index is 12.9. The largest absolute Gasteiger partial charge is 0.352 e. The molecule has 1 aromatic rings. The summed E-state index contributed by atoms with van der Waals surface area (Å²) in [6.07, 6.45) is 0. The smallest absolute Gasteiger partial charge is 0.194 e. The first-order chi connectivity index (χ1) is 7.65. The second-order valence-electron chi connectivity index (χ2n) is 3.76. The maximum Gasteiger partial charge on any atom is 0.194 e. The lowest BCUT2D eigenvalue weighted by Crippen LogP contribution is -2.35. The molecule has 1 aliphatic rings. The lowest BCUT2D eigenvalue weighted by atomic mass is 10.2. The van der Waals surface area contributed by atoms with E-state index in [0.29, 0.717) is 12.1 Å². The lowest BCUT2D eigenvalue weighted by molar-refractivity contribution is 0.532. The van der Waals surface area contributed by atoms with Crippen LogP contribution in [0.5, 0.6) is 0 Å². The summed E-state index contributed by atoms with van der Waals surface area (Å²) in [7, 11) is 1.92. The van der Waals surface area contributed by atoms with Gasteiger partial charge >= 0.3 is 0 Å². The number of rotatable bonds is 2. The molecule has 0 saturated heterocycles. The molecule has 1 N–H and O–H groups in total. The van der Waals surface area contributed by atoms with E-state index in [9.17, 15) is 8.78 Å². The summed E-state index contributed by atoms with van der Waals surface area (Å²) in [5.41, 5.74) is 0.570. The van der Waals surface area contributed by atoms with Crippen LogP contribution in [0.15, 0.2) is 23.2 Å². The van der Waals surface area contributed by atoms with Crippen molar-refractivity contribution in [3.63, 3.8) is 0 Å². The summed E-state index contributed by atoms with van der Waals surface area (Å²) in [4.78, 5) is 6.19. The molecule has 3 nitrogen and oxygen atoms in total. The molecule has 0 radical (unpaired) electrons. The van der Waals surface area contributed by atoms with Gasteiger partial charge in [-0.3, -0.25) is 4.99 Å². The van der Waals surface area contributed by atoms with E-state index in [1.165, 1.54) is 12.1 Å². The van der Waals surface area contributed by atoms with Crippen molar-refractivity contribution in [2.24, 2.45) is 4.99 Å². The van der Waals surface area contributed by atoms with Gasteiger partial charge in [0.15, 0.2) is 5.96 Å². The Morgan fingerprint density at radius 1 is 1.29 bits per heavy atom. The van der Waals surface area contributed by atoms with Crippen LogP contribution in [0.3, 0.4) is 0 Å². The van der Waals surface area contributed by atoms with Crippen molar-refractivity contribution in [2.75, 3.05) is 20.1 Å². The zero-order valence-corrected chi connectivity index (χ0v) is 11.7. The average molecular weight is 353 g/mol. The zero-order chi connectivity index (χ0) is 11.5. The van der Waals surface area contributed by atoms with E-state index < -0.39 is 11.6 Å². The minimum atomic E-state index is -0.557. The Morgan fingerprint density at radius 2 is 1.94 bits per heavy atom. The molecular weight excluding hydrogens is 339 g/mol. The molecule has 1 aliphatic heterocycles. The van der Waals surface area contributed by atoms with E-state index in [1.54, 1.807) is 0 Å². The molecule has 6 heteroatoms. The number of nitrogens with zero attached hydrogens (tertiary/aromatic N) is 2. The van der Waals surface area contributed by atoms with Gasteiger partial charge in [0.05, 0.1) is 6.54 Å². The molecular formula is C11H14F2IN3. The fraction of sp³-hybridized carbons (Fsp3) is 0.364. The van der Waals surface area contributed by atoms with Gasteiger partial charge in [-0.25, -0.2) is 8.78 Å². The normalized spacial score (nSPS) is 14.3. The Labute approximate surface area is 116 Å². The molecule has 0 aromatic heterocycles. The molecule has 0 aliphatic carbocycles. The van der Waals surface area contributed by atoms with Gasteiger partial charge in [-0.15, -0.1) is 24.0 Å². The van der Waals surface area contributed by atoms with E-state index in [1.807, 2.05) is 11.9 Å². The number of halogens is 3. The third kappa shape index (κ3) is 3.79. The zero-order valence-electron chi connectivity index (χ0n) is 9.41. The molecule has 0 saturated carbocycles. The van der Waals surface area contributed by atoms with Crippen molar-refractivity contribution < 1.29 is 8.78 Å². The lowest BCUT2D eigenvalue weighted by Gasteiger charge is -2.15. The molecule has 17 heavy (non-hydrogen) atoms. The Balaban J connectivity index is 0.00000144. The van der Waals surface area contributed by atoms with Gasteiger partial charge in [0.25, 0.3) is 0 Å². The molecule has 1 heterocycles. The van der Waals surface area contributed by atoms with Gasteiger partial charge in [-0.1, -0.05) is 0 Å². The number of benzene rings is 1. The first-order valence-corrected chi connectivity index (χ1v) is 5.09. The molecule has 2 rings (SSSR count). The van der Waals surface area contributed by atoms with E-state index in [-0.39, 0.29) is 24.0 Å². The van der Waals surface area contributed by atoms with E-state index in [4.69, 9.17) is 0 Å². The van der Waals surface area contributed by atoms with Crippen LogP contribution in [0.25, 0.3) is 0 Å². The Morgan fingerprint density at radius 3 is 2.47 bits per heavy atom. The monoisotopic (exact) mass is 353 g/mol. The van der Waals surface area contributed by atoms with Gasteiger partial charge in [0, 0.05) is 26.2 Å². The van der Waals surface area contributed by atoms with Gasteiger partial charge in [-0.2, -0.15) is 0 Å². The molecule has 0 amide bonds. The average Bonchev–Trinajstić information content (AvgIpc) is 2.59. The van der Waals surface area contributed by atoms with Gasteiger partial charge < -0.3 is 10.2 Å². The van der Waals surface area contributed by atoms with Crippen molar-refractivity contribution in [3.8, 4) is 0 Å². The standard InChI is InChI=1S/C11H13F2N3.HI/c1-16-3-2-14-11(16)15-7-8-4-9(12)6-10(13)5-8;/h4-6H,2-3,7H2,1H3,(H,14,15);1H. The van der Waals surface area contributed by atoms with E-state index >= 15 is 0 Å². The van der Waals surface area contributed by atoms with Crippen LogP contribution in [-0.4, -0.2) is 31.0 Å². The van der Waals surface area contributed by atoms with Gasteiger partial charge in [-0.05, 0) is 17.7 Å². The second kappa shape index (κ2) is 6.13. The Hall–Kier alpha value is -0.920. The summed E-state index contributed by atoms with van der Waals surface area (Å²) in [6, 6.07) is 3.49. The first-order valence-electron chi connectivity index (χ1n) is 5.09. The van der Waals surface area contributed by atoms with Crippen LogP contribution in [-0.2, 0) is 6.54 Å². The summed E-state index contributed by atoms with van der Waals surface area (Å²) < 4.78 is 25.8. The molecule has 0 atom stereocenters. The fourth-order valence-corrected chi connectivity index (χ4v) is 1.62. The van der Waals surface area contributed by atoms with Gasteiger partial charge in [0.2, 0.25) is 0 Å². The summed E-state index contributed by atoms with van der Waals surface area (Å²) in [6.45, 7) is 2.01. The molecule has 0 bridgehead atoms. The molecule has 0 unspecified atom stereocenters. The predicted octanol–water partition coefficient (Wildman–Crippen LogP) is 1.97. The number of likely N-dealkylation sites (N-methyl/N-ethyl adjacent to an activating group) is 1. The number of nitrogens with one attached hydrogen (secondary N) is 1.